The van der Waals surface area contributed by atoms with Crippen molar-refractivity contribution in [1.82, 2.24) is 10.2 Å². The number of para-hydroxylation sites is 2. The Balaban J connectivity index is 1.60. The van der Waals surface area contributed by atoms with Gasteiger partial charge >= 0.3 is 0 Å². The molecule has 2 fully saturated rings. The Hall–Kier alpha value is -1.92. The van der Waals surface area contributed by atoms with Gasteiger partial charge in [-0.05, 0) is 76.2 Å². The van der Waals surface area contributed by atoms with Crippen LogP contribution in [0.2, 0.25) is 0 Å². The van der Waals surface area contributed by atoms with Crippen LogP contribution in [-0.2, 0) is 10.3 Å². The van der Waals surface area contributed by atoms with Gasteiger partial charge in [0.2, 0.25) is 0 Å². The number of likely N-dealkylation sites (tertiary alicyclic amines) is 1. The van der Waals surface area contributed by atoms with Crippen molar-refractivity contribution >= 4 is 0 Å². The molecule has 2 heterocycles. The molecule has 0 amide bonds. The van der Waals surface area contributed by atoms with E-state index < -0.39 is 5.60 Å². The summed E-state index contributed by atoms with van der Waals surface area (Å²) in [5.74, 6) is 1.73. The summed E-state index contributed by atoms with van der Waals surface area (Å²) >= 11 is 0. The molecule has 180 valence electrons. The number of hydrogen-bond acceptors (Lipinski definition) is 5. The van der Waals surface area contributed by atoms with E-state index in [2.05, 4.69) is 16.3 Å². The number of methoxy groups -OCH3 is 1. The van der Waals surface area contributed by atoms with Crippen molar-refractivity contribution in [1.29, 1.82) is 0 Å². The highest BCUT2D eigenvalue weighted by atomic mass is 16.5. The zero-order valence-corrected chi connectivity index (χ0v) is 20.0. The van der Waals surface area contributed by atoms with Gasteiger partial charge in [-0.2, -0.15) is 0 Å². The fourth-order valence-corrected chi connectivity index (χ4v) is 5.60. The van der Waals surface area contributed by atoms with Crippen LogP contribution in [0.3, 0.4) is 0 Å². The Bertz CT molecular complexity index is 840. The first-order chi connectivity index (χ1) is 16.2. The molecule has 2 aromatic rings. The van der Waals surface area contributed by atoms with Gasteiger partial charge in [0.05, 0.1) is 5.60 Å². The molecule has 5 nitrogen and oxygen atoms in total. The molecule has 0 aromatic heterocycles. The quantitative estimate of drug-likeness (QED) is 0.500. The second-order valence-corrected chi connectivity index (χ2v) is 9.62. The first-order valence-electron chi connectivity index (χ1n) is 12.7. The fourth-order valence-electron chi connectivity index (χ4n) is 5.60. The third-order valence-electron chi connectivity index (χ3n) is 7.40. The molecule has 0 bridgehead atoms. The van der Waals surface area contributed by atoms with E-state index in [4.69, 9.17) is 9.47 Å². The van der Waals surface area contributed by atoms with Crippen molar-refractivity contribution in [2.24, 2.45) is 5.92 Å². The molecule has 0 saturated carbocycles. The zero-order chi connectivity index (χ0) is 22.9. The molecular formula is C28H40N2O3. The molecule has 0 spiro atoms. The van der Waals surface area contributed by atoms with E-state index >= 15 is 0 Å². The van der Waals surface area contributed by atoms with Crippen LogP contribution in [0.5, 0.6) is 11.5 Å². The highest BCUT2D eigenvalue weighted by molar-refractivity contribution is 5.42. The average molecular weight is 453 g/mol. The van der Waals surface area contributed by atoms with E-state index in [-0.39, 0.29) is 5.92 Å². The topological polar surface area (TPSA) is 54.0 Å². The predicted molar refractivity (Wildman–Crippen MR) is 133 cm³/mol. The van der Waals surface area contributed by atoms with Crippen molar-refractivity contribution in [3.05, 3.63) is 60.2 Å². The lowest BCUT2D eigenvalue weighted by Crippen LogP contribution is -2.53. The van der Waals surface area contributed by atoms with Crippen molar-refractivity contribution in [3.8, 4) is 11.5 Å². The molecule has 3 atom stereocenters. The number of benzene rings is 2. The number of aliphatic hydroxyl groups is 1. The molecule has 2 aliphatic heterocycles. The Labute approximate surface area is 199 Å². The van der Waals surface area contributed by atoms with Crippen LogP contribution in [0.25, 0.3) is 0 Å². The van der Waals surface area contributed by atoms with E-state index in [9.17, 15) is 5.11 Å². The summed E-state index contributed by atoms with van der Waals surface area (Å²) in [5, 5.41) is 16.0. The van der Waals surface area contributed by atoms with Gasteiger partial charge in [0.15, 0.2) is 0 Å². The van der Waals surface area contributed by atoms with Gasteiger partial charge in [-0.15, -0.1) is 0 Å². The van der Waals surface area contributed by atoms with Crippen LogP contribution in [0.15, 0.2) is 54.6 Å². The normalized spacial score (nSPS) is 23.7. The first kappa shape index (κ1) is 24.2. The van der Waals surface area contributed by atoms with Gasteiger partial charge < -0.3 is 19.9 Å². The minimum Gasteiger partial charge on any atom is -0.457 e. The van der Waals surface area contributed by atoms with E-state index in [0.717, 1.165) is 75.5 Å². The van der Waals surface area contributed by atoms with Crippen molar-refractivity contribution in [2.75, 3.05) is 39.9 Å². The third kappa shape index (κ3) is 6.15. The maximum absolute atomic E-state index is 12.4. The zero-order valence-electron chi connectivity index (χ0n) is 20.0. The largest absolute Gasteiger partial charge is 0.457 e. The van der Waals surface area contributed by atoms with Crippen molar-refractivity contribution in [2.45, 2.75) is 56.6 Å². The molecule has 33 heavy (non-hydrogen) atoms. The highest BCUT2D eigenvalue weighted by Gasteiger charge is 2.43. The number of piperidine rings is 2. The minimum atomic E-state index is -0.931. The maximum atomic E-state index is 12.4. The summed E-state index contributed by atoms with van der Waals surface area (Å²) < 4.78 is 11.6. The van der Waals surface area contributed by atoms with Crippen molar-refractivity contribution in [3.63, 3.8) is 0 Å². The minimum absolute atomic E-state index is 0.177. The second kappa shape index (κ2) is 12.0. The number of nitrogens with one attached hydrogen (secondary N) is 1. The molecule has 2 aliphatic rings. The summed E-state index contributed by atoms with van der Waals surface area (Å²) in [6, 6.07) is 18.5. The van der Waals surface area contributed by atoms with Gasteiger partial charge in [-0.25, -0.2) is 0 Å². The molecule has 2 aromatic carbocycles. The van der Waals surface area contributed by atoms with Crippen LogP contribution in [0, 0.1) is 5.92 Å². The lowest BCUT2D eigenvalue weighted by atomic mass is 9.73. The molecule has 0 aliphatic carbocycles. The smallest absolute Gasteiger partial charge is 0.133 e. The molecular weight excluding hydrogens is 412 g/mol. The van der Waals surface area contributed by atoms with Gasteiger partial charge in [0.1, 0.15) is 11.5 Å². The lowest BCUT2D eigenvalue weighted by Gasteiger charge is -2.46. The Morgan fingerprint density at radius 1 is 1.03 bits per heavy atom. The van der Waals surface area contributed by atoms with Crippen LogP contribution in [-0.4, -0.2) is 55.9 Å². The average Bonchev–Trinajstić information content (AvgIpc) is 2.88. The summed E-state index contributed by atoms with van der Waals surface area (Å²) in [4.78, 5) is 2.63. The van der Waals surface area contributed by atoms with E-state index in [1.807, 2.05) is 48.5 Å². The number of nitrogens with zero attached hydrogens (tertiary/aromatic N) is 1. The van der Waals surface area contributed by atoms with E-state index in [1.54, 1.807) is 7.11 Å². The highest BCUT2D eigenvalue weighted by Crippen LogP contribution is 2.44. The SMILES string of the molecule is COCCCCC(O)(c1ccccc1Oc1ccccc1)C1CCCN(C2CCCNC2)C1. The summed E-state index contributed by atoms with van der Waals surface area (Å²) in [7, 11) is 1.74. The van der Waals surface area contributed by atoms with E-state index in [1.165, 1.54) is 12.8 Å². The van der Waals surface area contributed by atoms with Crippen LogP contribution in [0.4, 0.5) is 0 Å². The molecule has 0 radical (unpaired) electrons. The van der Waals surface area contributed by atoms with Crippen molar-refractivity contribution < 1.29 is 14.6 Å². The van der Waals surface area contributed by atoms with Gasteiger partial charge in [0, 0.05) is 44.3 Å². The Kier molecular flexibility index (Phi) is 8.79. The van der Waals surface area contributed by atoms with Gasteiger partial charge in [-0.1, -0.05) is 36.4 Å². The monoisotopic (exact) mass is 452 g/mol. The number of rotatable bonds is 10. The molecule has 5 heteroatoms. The standard InChI is InChI=1S/C28H40N2O3/c1-32-20-8-7-17-28(31,23-11-10-19-30(22-23)24-12-9-18-29-21-24)26-15-5-6-16-27(26)33-25-13-3-2-4-14-25/h2-6,13-16,23-24,29,31H,7-12,17-22H2,1H3. The van der Waals surface area contributed by atoms with Crippen LogP contribution < -0.4 is 10.1 Å². The molecule has 4 rings (SSSR count). The lowest BCUT2D eigenvalue weighted by molar-refractivity contribution is -0.0698. The van der Waals surface area contributed by atoms with Gasteiger partial charge in [-0.3, -0.25) is 4.90 Å². The van der Waals surface area contributed by atoms with Gasteiger partial charge in [0.25, 0.3) is 0 Å². The molecule has 2 saturated heterocycles. The van der Waals surface area contributed by atoms with E-state index in [0.29, 0.717) is 12.5 Å². The van der Waals surface area contributed by atoms with Crippen LogP contribution >= 0.6 is 0 Å². The molecule has 3 unspecified atom stereocenters. The van der Waals surface area contributed by atoms with Crippen LogP contribution in [0.1, 0.15) is 50.5 Å². The number of ether oxygens (including phenoxy) is 2. The Morgan fingerprint density at radius 3 is 2.64 bits per heavy atom. The summed E-state index contributed by atoms with van der Waals surface area (Å²) in [5.41, 5.74) is -0.0141. The predicted octanol–water partition coefficient (Wildman–Crippen LogP) is 4.95. The first-order valence-corrected chi connectivity index (χ1v) is 12.7. The summed E-state index contributed by atoms with van der Waals surface area (Å²) in [6.07, 6.45) is 7.24. The Morgan fingerprint density at radius 2 is 1.85 bits per heavy atom. The summed E-state index contributed by atoms with van der Waals surface area (Å²) in [6.45, 7) is 4.98. The second-order valence-electron chi connectivity index (χ2n) is 9.62. The third-order valence-corrected chi connectivity index (χ3v) is 7.40. The molecule has 2 N–H and O–H groups in total. The number of hydrogen-bond donors (Lipinski definition) is 2. The maximum Gasteiger partial charge on any atom is 0.133 e. The fraction of sp³-hybridized carbons (Fsp3) is 0.571. The number of unbranched alkanes of at least 4 members (excludes halogenated alkanes) is 1.